The molecule has 2 amide bonds. The third-order valence-corrected chi connectivity index (χ3v) is 15.4. The van der Waals surface area contributed by atoms with E-state index in [2.05, 4.69) is 38.8 Å². The van der Waals surface area contributed by atoms with E-state index in [1.165, 1.54) is 4.90 Å². The van der Waals surface area contributed by atoms with Crippen molar-refractivity contribution in [2.75, 3.05) is 19.6 Å². The van der Waals surface area contributed by atoms with E-state index in [1.54, 1.807) is 24.3 Å². The second-order valence-electron chi connectivity index (χ2n) is 14.4. The lowest BCUT2D eigenvalue weighted by Crippen LogP contribution is -2.47. The first kappa shape index (κ1) is 33.4. The van der Waals surface area contributed by atoms with Crippen LogP contribution in [-0.2, 0) is 15.6 Å². The molecule has 1 saturated carbocycles. The molecule has 10 heteroatoms. The third kappa shape index (κ3) is 7.19. The van der Waals surface area contributed by atoms with E-state index >= 15 is 0 Å². The van der Waals surface area contributed by atoms with E-state index in [1.807, 2.05) is 12.1 Å². The van der Waals surface area contributed by atoms with Crippen LogP contribution in [0.2, 0.25) is 28.2 Å². The van der Waals surface area contributed by atoms with Crippen LogP contribution in [0.3, 0.4) is 0 Å². The van der Waals surface area contributed by atoms with Gasteiger partial charge >= 0.3 is 0 Å². The molecule has 2 aliphatic heterocycles. The maximum atomic E-state index is 13.6. The van der Waals surface area contributed by atoms with Crippen molar-refractivity contribution in [2.45, 2.75) is 102 Å². The van der Waals surface area contributed by atoms with Crippen LogP contribution in [-0.4, -0.2) is 67.6 Å². The highest BCUT2D eigenvalue weighted by atomic mass is 35.5. The summed E-state index contributed by atoms with van der Waals surface area (Å²) in [4.78, 5) is 29.5. The van der Waals surface area contributed by atoms with E-state index in [0.29, 0.717) is 22.0 Å². The van der Waals surface area contributed by atoms with Gasteiger partial charge in [-0.15, -0.1) is 0 Å². The first-order chi connectivity index (χ1) is 20.5. The van der Waals surface area contributed by atoms with Gasteiger partial charge in [0.25, 0.3) is 11.8 Å². The molecule has 1 atom stereocenters. The fraction of sp³-hybridized carbons (Fsp3) is 0.588. The van der Waals surface area contributed by atoms with E-state index in [9.17, 15) is 18.4 Å². The van der Waals surface area contributed by atoms with Gasteiger partial charge < -0.3 is 14.2 Å². The molecule has 2 saturated heterocycles. The number of benzene rings is 2. The topological polar surface area (TPSA) is 49.9 Å². The number of carbonyl (C=O) groups excluding carboxylic acids is 2. The first-order valence-electron chi connectivity index (χ1n) is 15.8. The predicted octanol–water partition coefficient (Wildman–Crippen LogP) is 8.87. The SMILES string of the molecule is CC(C)(C)[Si](C)(C)OC1CCC(N2CCC(Cc3c(Cl)cc(-c4ccc(C(=O)N5CCC(F)(F)C5)cc4)cc3Cl)C2=O)CC1. The van der Waals surface area contributed by atoms with Crippen LogP contribution in [0.4, 0.5) is 8.78 Å². The van der Waals surface area contributed by atoms with Crippen molar-refractivity contribution in [2.24, 2.45) is 5.92 Å². The molecule has 0 aromatic heterocycles. The average Bonchev–Trinajstić information content (AvgIpc) is 3.51. The predicted molar refractivity (Wildman–Crippen MR) is 175 cm³/mol. The molecule has 2 heterocycles. The number of likely N-dealkylation sites (tertiary alicyclic amines) is 2. The monoisotopic (exact) mass is 664 g/mol. The van der Waals surface area contributed by atoms with E-state index in [4.69, 9.17) is 27.6 Å². The molecule has 1 unspecified atom stereocenters. The molecule has 3 fully saturated rings. The molecular formula is C34H44Cl2F2N2O3Si. The largest absolute Gasteiger partial charge is 0.414 e. The Morgan fingerprint density at radius 1 is 0.977 bits per heavy atom. The van der Waals surface area contributed by atoms with Gasteiger partial charge in [-0.25, -0.2) is 8.78 Å². The van der Waals surface area contributed by atoms with Crippen molar-refractivity contribution in [3.05, 3.63) is 57.6 Å². The Bertz CT molecular complexity index is 1360. The summed E-state index contributed by atoms with van der Waals surface area (Å²) in [6.45, 7) is 11.7. The maximum Gasteiger partial charge on any atom is 0.267 e. The van der Waals surface area contributed by atoms with Crippen LogP contribution in [0.5, 0.6) is 0 Å². The summed E-state index contributed by atoms with van der Waals surface area (Å²) >= 11 is 13.5. The van der Waals surface area contributed by atoms with Crippen LogP contribution in [0.15, 0.2) is 36.4 Å². The smallest absolute Gasteiger partial charge is 0.267 e. The molecule has 240 valence electrons. The van der Waals surface area contributed by atoms with Crippen LogP contribution in [0.25, 0.3) is 11.1 Å². The molecule has 3 aliphatic rings. The van der Waals surface area contributed by atoms with Gasteiger partial charge in [0, 0.05) is 53.2 Å². The Hall–Kier alpha value is -2.00. The second-order valence-corrected chi connectivity index (χ2v) is 19.9. The average molecular weight is 666 g/mol. The van der Waals surface area contributed by atoms with Gasteiger partial charge in [-0.2, -0.15) is 0 Å². The zero-order chi connectivity index (χ0) is 32.0. The molecule has 1 aliphatic carbocycles. The Morgan fingerprint density at radius 2 is 1.59 bits per heavy atom. The Labute approximate surface area is 271 Å². The third-order valence-electron chi connectivity index (χ3n) is 10.2. The summed E-state index contributed by atoms with van der Waals surface area (Å²) < 4.78 is 33.8. The minimum Gasteiger partial charge on any atom is -0.414 e. The van der Waals surface area contributed by atoms with Crippen molar-refractivity contribution in [3.8, 4) is 11.1 Å². The maximum absolute atomic E-state index is 13.6. The van der Waals surface area contributed by atoms with Crippen molar-refractivity contribution in [3.63, 3.8) is 0 Å². The summed E-state index contributed by atoms with van der Waals surface area (Å²) in [5.41, 5.74) is 2.72. The molecule has 0 bridgehead atoms. The fourth-order valence-electron chi connectivity index (χ4n) is 6.49. The second kappa shape index (κ2) is 12.7. The lowest BCUT2D eigenvalue weighted by atomic mass is 9.92. The molecule has 2 aromatic rings. The molecule has 44 heavy (non-hydrogen) atoms. The highest BCUT2D eigenvalue weighted by Gasteiger charge is 2.42. The lowest BCUT2D eigenvalue weighted by Gasteiger charge is -2.42. The standard InChI is InChI=1S/C34H44Cl2F2N2O3Si/c1-33(2,3)44(4,5)43-27-12-10-26(11-13-27)40-16-14-24(32(40)42)18-28-29(35)19-25(20-30(28)36)22-6-8-23(9-7-22)31(41)39-17-15-34(37,38)21-39/h6-9,19-20,24,26-27H,10-18,21H2,1-5H3. The van der Waals surface area contributed by atoms with Crippen molar-refractivity contribution in [1.29, 1.82) is 0 Å². The van der Waals surface area contributed by atoms with Crippen molar-refractivity contribution < 1.29 is 22.8 Å². The van der Waals surface area contributed by atoms with Crippen molar-refractivity contribution in [1.82, 2.24) is 9.80 Å². The molecular weight excluding hydrogens is 621 g/mol. The zero-order valence-electron chi connectivity index (χ0n) is 26.4. The van der Waals surface area contributed by atoms with Crippen LogP contribution in [0.1, 0.15) is 75.2 Å². The van der Waals surface area contributed by atoms with Gasteiger partial charge in [0.15, 0.2) is 8.32 Å². The molecule has 0 radical (unpaired) electrons. The first-order valence-corrected chi connectivity index (χ1v) is 19.4. The van der Waals surface area contributed by atoms with Crippen LogP contribution < -0.4 is 0 Å². The molecule has 0 N–H and O–H groups in total. The number of alkyl halides is 2. The summed E-state index contributed by atoms with van der Waals surface area (Å²) in [5.74, 6) is -3.19. The van der Waals surface area contributed by atoms with Gasteiger partial charge in [0.1, 0.15) is 0 Å². The number of rotatable bonds is 7. The fourth-order valence-corrected chi connectivity index (χ4v) is 8.56. The van der Waals surface area contributed by atoms with Gasteiger partial charge in [0.05, 0.1) is 6.54 Å². The number of amides is 2. The molecule has 5 rings (SSSR count). The minimum atomic E-state index is -2.83. The molecule has 0 spiro atoms. The number of hydrogen-bond acceptors (Lipinski definition) is 3. The highest BCUT2D eigenvalue weighted by Crippen LogP contribution is 2.41. The van der Waals surface area contributed by atoms with Crippen LogP contribution >= 0.6 is 23.2 Å². The Kier molecular flexibility index (Phi) is 9.59. The van der Waals surface area contributed by atoms with Gasteiger partial charge in [0.2, 0.25) is 5.91 Å². The summed E-state index contributed by atoms with van der Waals surface area (Å²) in [5, 5.41) is 1.19. The van der Waals surface area contributed by atoms with Gasteiger partial charge in [-0.3, -0.25) is 9.59 Å². The summed E-state index contributed by atoms with van der Waals surface area (Å²) in [6, 6.07) is 10.8. The number of halogens is 4. The van der Waals surface area contributed by atoms with Gasteiger partial charge in [-0.1, -0.05) is 56.1 Å². The Balaban J connectivity index is 1.18. The summed E-state index contributed by atoms with van der Waals surface area (Å²) in [7, 11) is -1.81. The zero-order valence-corrected chi connectivity index (χ0v) is 28.9. The molecule has 5 nitrogen and oxygen atoms in total. The Morgan fingerprint density at radius 3 is 2.14 bits per heavy atom. The summed E-state index contributed by atoms with van der Waals surface area (Å²) in [6.07, 6.45) is 5.19. The number of nitrogens with zero attached hydrogens (tertiary/aromatic N) is 2. The number of carbonyl (C=O) groups is 2. The molecule has 2 aromatic carbocycles. The normalized spacial score (nSPS) is 24.3. The van der Waals surface area contributed by atoms with E-state index < -0.39 is 26.7 Å². The quantitative estimate of drug-likeness (QED) is 0.278. The van der Waals surface area contributed by atoms with Crippen molar-refractivity contribution >= 4 is 43.3 Å². The highest BCUT2D eigenvalue weighted by molar-refractivity contribution is 6.74. The van der Waals surface area contributed by atoms with Gasteiger partial charge in [-0.05, 0) is 97.6 Å². The minimum absolute atomic E-state index is 0.0506. The lowest BCUT2D eigenvalue weighted by molar-refractivity contribution is -0.133. The number of hydrogen-bond donors (Lipinski definition) is 0. The van der Waals surface area contributed by atoms with E-state index in [-0.39, 0.29) is 42.0 Å². The van der Waals surface area contributed by atoms with E-state index in [0.717, 1.165) is 55.3 Å². The van der Waals surface area contributed by atoms with Crippen LogP contribution in [0, 0.1) is 5.92 Å².